The molecular formula is C49H50N2O8. The average molecular weight is 795 g/mol. The summed E-state index contributed by atoms with van der Waals surface area (Å²) in [4.78, 5) is 28.4. The van der Waals surface area contributed by atoms with Crippen molar-refractivity contribution < 1.29 is 38.7 Å². The molecule has 6 rings (SSSR count). The largest absolute Gasteiger partial charge is 0.497 e. The topological polar surface area (TPSA) is 136 Å². The zero-order valence-corrected chi connectivity index (χ0v) is 33.6. The van der Waals surface area contributed by atoms with Crippen LogP contribution in [-0.4, -0.2) is 62.6 Å². The number of ether oxygens (including phenoxy) is 4. The monoisotopic (exact) mass is 794 g/mol. The molecule has 10 nitrogen and oxygen atoms in total. The number of benzene rings is 6. The number of carbonyl (C=O) groups is 2. The lowest BCUT2D eigenvalue weighted by atomic mass is 9.77. The van der Waals surface area contributed by atoms with E-state index in [9.17, 15) is 19.8 Å². The van der Waals surface area contributed by atoms with Gasteiger partial charge in [0.1, 0.15) is 40.6 Å². The van der Waals surface area contributed by atoms with Crippen molar-refractivity contribution in [2.45, 2.75) is 42.5 Å². The molecule has 304 valence electrons. The van der Waals surface area contributed by atoms with Gasteiger partial charge in [-0.05, 0) is 94.8 Å². The number of nitrogens with one attached hydrogen (secondary N) is 2. The molecule has 0 saturated heterocycles. The Morgan fingerprint density at radius 3 is 0.932 bits per heavy atom. The summed E-state index contributed by atoms with van der Waals surface area (Å²) in [5, 5.41) is 32.0. The Balaban J connectivity index is 1.36. The first kappa shape index (κ1) is 42.0. The normalized spacial score (nSPS) is 12.4. The standard InChI is InChI=1S/C49H50N2O8/c1-56-40-23-15-36(16-24-40)48(54,37-17-25-41(57-2)26-18-37)44(31-34-11-7-5-8-12-34)50-46(52)33-47(53)51-45(32-35-13-9-6-10-14-35)49(55,38-19-27-42(58-3)28-20-38)39-21-29-43(59-4)30-22-39/h5-30,44-45,54-55H,31-33H2,1-4H3,(H,50,52)(H,51,53)/t44-,45-/m1/s1. The summed E-state index contributed by atoms with van der Waals surface area (Å²) in [6.45, 7) is 0. The van der Waals surface area contributed by atoms with Gasteiger partial charge in [-0.2, -0.15) is 0 Å². The zero-order chi connectivity index (χ0) is 41.8. The van der Waals surface area contributed by atoms with E-state index in [4.69, 9.17) is 18.9 Å². The van der Waals surface area contributed by atoms with E-state index in [1.54, 1.807) is 126 Å². The van der Waals surface area contributed by atoms with Gasteiger partial charge in [0.2, 0.25) is 11.8 Å². The van der Waals surface area contributed by atoms with Gasteiger partial charge in [-0.3, -0.25) is 9.59 Å². The van der Waals surface area contributed by atoms with Crippen LogP contribution in [0.2, 0.25) is 0 Å². The molecule has 6 aromatic rings. The van der Waals surface area contributed by atoms with E-state index in [1.165, 1.54) is 0 Å². The van der Waals surface area contributed by atoms with E-state index in [2.05, 4.69) is 10.6 Å². The van der Waals surface area contributed by atoms with Crippen molar-refractivity contribution in [1.82, 2.24) is 10.6 Å². The van der Waals surface area contributed by atoms with Gasteiger partial charge in [0.25, 0.3) is 0 Å². The highest BCUT2D eigenvalue weighted by Crippen LogP contribution is 2.38. The van der Waals surface area contributed by atoms with Gasteiger partial charge in [0.15, 0.2) is 0 Å². The first-order chi connectivity index (χ1) is 28.6. The van der Waals surface area contributed by atoms with Crippen molar-refractivity contribution in [3.05, 3.63) is 191 Å². The van der Waals surface area contributed by atoms with Crippen molar-refractivity contribution in [2.24, 2.45) is 0 Å². The predicted molar refractivity (Wildman–Crippen MR) is 227 cm³/mol. The lowest BCUT2D eigenvalue weighted by molar-refractivity contribution is -0.132. The SMILES string of the molecule is COc1ccc(C(O)(c2ccc(OC)cc2)[C@@H](Cc2ccccc2)NC(=O)CC(=O)N[C@H](Cc2ccccc2)C(O)(c2ccc(OC)cc2)c2ccc(OC)cc2)cc1. The van der Waals surface area contributed by atoms with Gasteiger partial charge in [-0.1, -0.05) is 109 Å². The van der Waals surface area contributed by atoms with Crippen LogP contribution in [0.5, 0.6) is 23.0 Å². The number of aliphatic hydroxyl groups is 2. The van der Waals surface area contributed by atoms with E-state index < -0.39 is 41.5 Å². The van der Waals surface area contributed by atoms with Crippen LogP contribution < -0.4 is 29.6 Å². The number of methoxy groups -OCH3 is 4. The molecule has 0 aliphatic rings. The van der Waals surface area contributed by atoms with E-state index in [-0.39, 0.29) is 12.8 Å². The molecule has 0 aliphatic heterocycles. The van der Waals surface area contributed by atoms with Crippen LogP contribution in [0.4, 0.5) is 0 Å². The fourth-order valence-corrected chi connectivity index (χ4v) is 7.46. The van der Waals surface area contributed by atoms with E-state index in [0.29, 0.717) is 45.3 Å². The van der Waals surface area contributed by atoms with Crippen LogP contribution in [0, 0.1) is 0 Å². The van der Waals surface area contributed by atoms with Gasteiger partial charge in [0.05, 0.1) is 40.5 Å². The van der Waals surface area contributed by atoms with Crippen molar-refractivity contribution in [3.8, 4) is 23.0 Å². The molecule has 0 unspecified atom stereocenters. The lowest BCUT2D eigenvalue weighted by Gasteiger charge is -2.39. The molecule has 2 amide bonds. The Morgan fingerprint density at radius 2 is 0.695 bits per heavy atom. The lowest BCUT2D eigenvalue weighted by Crippen LogP contribution is -2.55. The fraction of sp³-hybridized carbons (Fsp3) is 0.224. The Bertz CT molecular complexity index is 1990. The number of hydrogen-bond donors (Lipinski definition) is 4. The number of carbonyl (C=O) groups excluding carboxylic acids is 2. The minimum absolute atomic E-state index is 0.216. The highest BCUT2D eigenvalue weighted by molar-refractivity contribution is 5.97. The molecule has 2 atom stereocenters. The summed E-state index contributed by atoms with van der Waals surface area (Å²) in [5.74, 6) is 1.14. The van der Waals surface area contributed by atoms with E-state index in [0.717, 1.165) is 11.1 Å². The van der Waals surface area contributed by atoms with Crippen molar-refractivity contribution in [2.75, 3.05) is 28.4 Å². The maximum absolute atomic E-state index is 14.2. The molecule has 0 spiro atoms. The number of amides is 2. The van der Waals surface area contributed by atoms with Crippen LogP contribution in [-0.2, 0) is 33.6 Å². The van der Waals surface area contributed by atoms with Crippen LogP contribution in [0.3, 0.4) is 0 Å². The molecule has 0 saturated carbocycles. The first-order valence-corrected chi connectivity index (χ1v) is 19.3. The van der Waals surface area contributed by atoms with Crippen LogP contribution >= 0.6 is 0 Å². The molecule has 10 heteroatoms. The Labute approximate surface area is 345 Å². The molecule has 0 aromatic heterocycles. The summed E-state index contributed by atoms with van der Waals surface area (Å²) in [6, 6.07) is 45.2. The average Bonchev–Trinajstić information content (AvgIpc) is 3.28. The number of hydrogen-bond acceptors (Lipinski definition) is 8. The Morgan fingerprint density at radius 1 is 0.441 bits per heavy atom. The van der Waals surface area contributed by atoms with Crippen molar-refractivity contribution in [1.29, 1.82) is 0 Å². The van der Waals surface area contributed by atoms with Gasteiger partial charge in [-0.15, -0.1) is 0 Å². The van der Waals surface area contributed by atoms with Gasteiger partial charge >= 0.3 is 0 Å². The summed E-state index contributed by atoms with van der Waals surface area (Å²) >= 11 is 0. The highest BCUT2D eigenvalue weighted by atomic mass is 16.5. The zero-order valence-electron chi connectivity index (χ0n) is 33.6. The molecular weight excluding hydrogens is 745 g/mol. The van der Waals surface area contributed by atoms with Gasteiger partial charge < -0.3 is 39.8 Å². The summed E-state index contributed by atoms with van der Waals surface area (Å²) in [6.07, 6.45) is -0.165. The Hall–Kier alpha value is -6.62. The van der Waals surface area contributed by atoms with Crippen LogP contribution in [0.25, 0.3) is 0 Å². The molecule has 0 heterocycles. The van der Waals surface area contributed by atoms with Crippen molar-refractivity contribution >= 4 is 11.8 Å². The molecule has 0 radical (unpaired) electrons. The minimum Gasteiger partial charge on any atom is -0.497 e. The molecule has 0 bridgehead atoms. The van der Waals surface area contributed by atoms with Gasteiger partial charge in [0, 0.05) is 0 Å². The maximum atomic E-state index is 14.2. The number of rotatable bonds is 18. The van der Waals surface area contributed by atoms with Crippen LogP contribution in [0.15, 0.2) is 158 Å². The molecule has 59 heavy (non-hydrogen) atoms. The first-order valence-electron chi connectivity index (χ1n) is 19.3. The third-order valence-corrected chi connectivity index (χ3v) is 10.7. The highest BCUT2D eigenvalue weighted by Gasteiger charge is 2.44. The van der Waals surface area contributed by atoms with E-state index in [1.807, 2.05) is 60.7 Å². The second-order valence-corrected chi connectivity index (χ2v) is 14.2. The second-order valence-electron chi connectivity index (χ2n) is 14.2. The molecule has 6 aromatic carbocycles. The quantitative estimate of drug-likeness (QED) is 0.0704. The minimum atomic E-state index is -1.78. The third kappa shape index (κ3) is 9.75. The predicted octanol–water partition coefficient (Wildman–Crippen LogP) is 6.74. The molecule has 0 aliphatic carbocycles. The molecule has 0 fully saturated rings. The third-order valence-electron chi connectivity index (χ3n) is 10.7. The second kappa shape index (κ2) is 19.2. The molecule has 4 N–H and O–H groups in total. The smallest absolute Gasteiger partial charge is 0.229 e. The van der Waals surface area contributed by atoms with Crippen LogP contribution in [0.1, 0.15) is 39.8 Å². The van der Waals surface area contributed by atoms with Gasteiger partial charge in [-0.25, -0.2) is 0 Å². The summed E-state index contributed by atoms with van der Waals surface area (Å²) in [5.41, 5.74) is 0.160. The summed E-state index contributed by atoms with van der Waals surface area (Å²) < 4.78 is 21.6. The summed E-state index contributed by atoms with van der Waals surface area (Å²) in [7, 11) is 6.25. The Kier molecular flexibility index (Phi) is 13.7. The fourth-order valence-electron chi connectivity index (χ4n) is 7.46. The van der Waals surface area contributed by atoms with E-state index >= 15 is 0 Å². The maximum Gasteiger partial charge on any atom is 0.229 e. The van der Waals surface area contributed by atoms with Crippen molar-refractivity contribution in [3.63, 3.8) is 0 Å².